The molecule has 1 fully saturated rings. The molecular weight excluding hydrogens is 474 g/mol. The Morgan fingerprint density at radius 1 is 0.947 bits per heavy atom. The zero-order valence-corrected chi connectivity index (χ0v) is 21.8. The molecule has 6 heteroatoms. The highest BCUT2D eigenvalue weighted by Crippen LogP contribution is 2.32. The zero-order valence-electron chi connectivity index (χ0n) is 22.8. The number of hydrogen-bond acceptors (Lipinski definition) is 5. The van der Waals surface area contributed by atoms with Gasteiger partial charge in [0, 0.05) is 30.8 Å². The third kappa shape index (κ3) is 6.08. The van der Waals surface area contributed by atoms with E-state index in [0.717, 1.165) is 78.8 Å². The summed E-state index contributed by atoms with van der Waals surface area (Å²) in [6.45, 7) is 0.898. The van der Waals surface area contributed by atoms with Gasteiger partial charge in [0.1, 0.15) is 0 Å². The Balaban J connectivity index is 1.44. The van der Waals surface area contributed by atoms with E-state index in [9.17, 15) is 11.0 Å². The van der Waals surface area contributed by atoms with Gasteiger partial charge in [-0.3, -0.25) is 4.79 Å². The highest BCUT2D eigenvalue weighted by molar-refractivity contribution is 5.95. The Morgan fingerprint density at radius 2 is 1.68 bits per heavy atom. The van der Waals surface area contributed by atoms with Crippen LogP contribution in [-0.4, -0.2) is 32.1 Å². The summed E-state index contributed by atoms with van der Waals surface area (Å²) in [4.78, 5) is 27.1. The molecule has 5 rings (SSSR count). The molecule has 1 aliphatic heterocycles. The molecule has 1 heterocycles. The predicted molar refractivity (Wildman–Crippen MR) is 154 cm³/mol. The highest BCUT2D eigenvalue weighted by atomic mass is 16.5. The molecule has 0 aromatic heterocycles. The number of nitrogens with one attached hydrogen (secondary N) is 2. The van der Waals surface area contributed by atoms with Crippen LogP contribution in [0.25, 0.3) is 17.2 Å². The lowest BCUT2D eigenvalue weighted by atomic mass is 9.88. The molecule has 0 radical (unpaired) electrons. The molecule has 3 aromatic rings. The van der Waals surface area contributed by atoms with Gasteiger partial charge in [0.25, 0.3) is 0 Å². The minimum Gasteiger partial charge on any atom is -0.466 e. The normalized spacial score (nSPS) is 16.5. The number of anilines is 3. The van der Waals surface area contributed by atoms with Crippen LogP contribution in [0, 0.1) is 5.92 Å². The number of benzene rings is 3. The fraction of sp³-hybridized carbons (Fsp3) is 0.312. The van der Waals surface area contributed by atoms with Gasteiger partial charge in [0.15, 0.2) is 0 Å². The van der Waals surface area contributed by atoms with Crippen LogP contribution in [0.4, 0.5) is 17.1 Å². The van der Waals surface area contributed by atoms with Gasteiger partial charge in [0.2, 0.25) is 5.91 Å². The second kappa shape index (κ2) is 12.0. The van der Waals surface area contributed by atoms with Gasteiger partial charge in [-0.05, 0) is 65.4 Å². The lowest BCUT2D eigenvalue weighted by molar-refractivity contribution is -0.134. The molecule has 1 unspecified atom stereocenters. The van der Waals surface area contributed by atoms with Crippen molar-refractivity contribution in [2.75, 3.05) is 35.7 Å². The van der Waals surface area contributed by atoms with Crippen LogP contribution in [0.3, 0.4) is 0 Å². The summed E-state index contributed by atoms with van der Waals surface area (Å²) in [5.41, 5.74) is 6.50. The van der Waals surface area contributed by atoms with Crippen molar-refractivity contribution >= 4 is 35.0 Å². The number of esters is 1. The Kier molecular flexibility index (Phi) is 7.66. The Labute approximate surface area is 226 Å². The molecular formula is C32H35N3O3. The maximum Gasteiger partial charge on any atom is 0.330 e. The SMILES string of the molecule is [2H]C(c1ccc(-c2ccc3c(c2)NCCN3)cc1)N(C(=O)C1CCCCC1)c1cccc(/C=C/C(=O)OC)c1. The van der Waals surface area contributed by atoms with Crippen LogP contribution >= 0.6 is 0 Å². The van der Waals surface area contributed by atoms with Crippen molar-refractivity contribution in [3.63, 3.8) is 0 Å². The summed E-state index contributed by atoms with van der Waals surface area (Å²) in [5, 5.41) is 6.83. The minimum absolute atomic E-state index is 0.0128. The maximum atomic E-state index is 13.9. The first-order valence-corrected chi connectivity index (χ1v) is 13.4. The molecule has 0 bridgehead atoms. The zero-order chi connectivity index (χ0) is 27.2. The number of nitrogens with zero attached hydrogens (tertiary/aromatic N) is 1. The first-order valence-electron chi connectivity index (χ1n) is 13.9. The quantitative estimate of drug-likeness (QED) is 0.281. The Hall–Kier alpha value is -4.06. The fourth-order valence-electron chi connectivity index (χ4n) is 5.15. The summed E-state index contributed by atoms with van der Waals surface area (Å²) in [6.07, 6.45) is 7.94. The Morgan fingerprint density at radius 3 is 2.45 bits per heavy atom. The predicted octanol–water partition coefficient (Wildman–Crippen LogP) is 6.49. The van der Waals surface area contributed by atoms with Crippen LogP contribution < -0.4 is 15.5 Å². The van der Waals surface area contributed by atoms with Gasteiger partial charge in [-0.25, -0.2) is 4.79 Å². The molecule has 2 aliphatic rings. The van der Waals surface area contributed by atoms with Gasteiger partial charge < -0.3 is 20.3 Å². The van der Waals surface area contributed by atoms with Crippen LogP contribution in [0.5, 0.6) is 0 Å². The second-order valence-electron chi connectivity index (χ2n) is 9.86. The topological polar surface area (TPSA) is 70.7 Å². The van der Waals surface area contributed by atoms with Crippen molar-refractivity contribution in [3.8, 4) is 11.1 Å². The lowest BCUT2D eigenvalue weighted by Gasteiger charge is -2.30. The molecule has 38 heavy (non-hydrogen) atoms. The van der Waals surface area contributed by atoms with E-state index in [1.54, 1.807) is 11.0 Å². The summed E-state index contributed by atoms with van der Waals surface area (Å²) in [6, 6.07) is 21.7. The molecule has 6 nitrogen and oxygen atoms in total. The van der Waals surface area contributed by atoms with Crippen molar-refractivity contribution in [3.05, 3.63) is 83.9 Å². The first-order chi connectivity index (χ1) is 19.0. The van der Waals surface area contributed by atoms with Gasteiger partial charge in [0.05, 0.1) is 26.4 Å². The second-order valence-corrected chi connectivity index (χ2v) is 9.86. The van der Waals surface area contributed by atoms with E-state index in [4.69, 9.17) is 4.74 Å². The Bertz CT molecular complexity index is 1350. The van der Waals surface area contributed by atoms with E-state index in [-0.39, 0.29) is 11.8 Å². The summed E-state index contributed by atoms with van der Waals surface area (Å²) < 4.78 is 13.9. The highest BCUT2D eigenvalue weighted by Gasteiger charge is 2.27. The van der Waals surface area contributed by atoms with E-state index >= 15 is 0 Å². The third-order valence-corrected chi connectivity index (χ3v) is 7.25. The number of rotatable bonds is 7. The summed E-state index contributed by atoms with van der Waals surface area (Å²) in [7, 11) is 1.34. The van der Waals surface area contributed by atoms with Gasteiger partial charge in [-0.15, -0.1) is 0 Å². The maximum absolute atomic E-state index is 13.9. The molecule has 196 valence electrons. The largest absolute Gasteiger partial charge is 0.466 e. The molecule has 0 saturated heterocycles. The van der Waals surface area contributed by atoms with E-state index in [0.29, 0.717) is 5.69 Å². The average Bonchev–Trinajstić information content (AvgIpc) is 3.00. The molecule has 1 aliphatic carbocycles. The lowest BCUT2D eigenvalue weighted by Crippen LogP contribution is -2.36. The number of methoxy groups -OCH3 is 1. The van der Waals surface area contributed by atoms with Crippen LogP contribution in [0.15, 0.2) is 72.8 Å². The minimum atomic E-state index is -0.900. The molecule has 2 N–H and O–H groups in total. The van der Waals surface area contributed by atoms with Crippen LogP contribution in [0.1, 0.15) is 44.6 Å². The number of carbonyl (C=O) groups excluding carboxylic acids is 2. The molecule has 1 atom stereocenters. The fourth-order valence-corrected chi connectivity index (χ4v) is 5.15. The average molecular weight is 511 g/mol. The van der Waals surface area contributed by atoms with Crippen molar-refractivity contribution in [1.29, 1.82) is 0 Å². The van der Waals surface area contributed by atoms with Crippen molar-refractivity contribution in [1.82, 2.24) is 0 Å². The van der Waals surface area contributed by atoms with Crippen LogP contribution in [-0.2, 0) is 20.8 Å². The molecule has 1 amide bonds. The van der Waals surface area contributed by atoms with Gasteiger partial charge in [-0.2, -0.15) is 0 Å². The van der Waals surface area contributed by atoms with Crippen molar-refractivity contribution in [2.45, 2.75) is 38.6 Å². The molecule has 1 saturated carbocycles. The van der Waals surface area contributed by atoms with Crippen molar-refractivity contribution < 1.29 is 15.7 Å². The first kappa shape index (κ1) is 24.3. The van der Waals surface area contributed by atoms with E-state index in [1.807, 2.05) is 48.5 Å². The van der Waals surface area contributed by atoms with Gasteiger partial charge in [-0.1, -0.05) is 61.7 Å². The smallest absolute Gasteiger partial charge is 0.330 e. The number of fused-ring (bicyclic) bond motifs is 1. The number of ether oxygens (including phenoxy) is 1. The summed E-state index contributed by atoms with van der Waals surface area (Å²) >= 11 is 0. The molecule has 0 spiro atoms. The van der Waals surface area contributed by atoms with E-state index < -0.39 is 12.5 Å². The standard InChI is InChI=1S/C32H35N3O3/c1-38-31(36)17-12-23-6-5-9-28(20-23)35(32(37)26-7-3-2-4-8-26)22-24-10-13-25(14-11-24)27-15-16-29-30(21-27)34-19-18-33-29/h5-6,9-17,20-21,26,33-34H,2-4,7-8,18-19,22H2,1H3/b17-12+/i22D. The number of hydrogen-bond donors (Lipinski definition) is 2. The third-order valence-electron chi connectivity index (χ3n) is 7.25. The van der Waals surface area contributed by atoms with E-state index in [1.165, 1.54) is 13.2 Å². The van der Waals surface area contributed by atoms with E-state index in [2.05, 4.69) is 28.8 Å². The number of carbonyl (C=O) groups is 2. The molecule has 3 aromatic carbocycles. The van der Waals surface area contributed by atoms with Gasteiger partial charge >= 0.3 is 5.97 Å². The number of amides is 1. The van der Waals surface area contributed by atoms with Crippen molar-refractivity contribution in [2.24, 2.45) is 5.92 Å². The summed E-state index contributed by atoms with van der Waals surface area (Å²) in [5.74, 6) is -0.544. The van der Waals surface area contributed by atoms with Crippen LogP contribution in [0.2, 0.25) is 0 Å². The monoisotopic (exact) mass is 510 g/mol.